The molecule has 0 aliphatic carbocycles. The van der Waals surface area contributed by atoms with Crippen molar-refractivity contribution in [3.8, 4) is 0 Å². The van der Waals surface area contributed by atoms with E-state index in [0.717, 1.165) is 25.7 Å². The number of carbonyl (C=O) groups is 6. The highest BCUT2D eigenvalue weighted by molar-refractivity contribution is 5.96. The van der Waals surface area contributed by atoms with Gasteiger partial charge in [-0.1, -0.05) is 92.9 Å². The molecule has 1 rings (SSSR count). The van der Waals surface area contributed by atoms with Gasteiger partial charge in [-0.25, -0.2) is 0 Å². The molecule has 51 heavy (non-hydrogen) atoms. The first-order valence-electron chi connectivity index (χ1n) is 19.1. The number of hydrogen-bond donors (Lipinski definition) is 6. The van der Waals surface area contributed by atoms with Gasteiger partial charge in [0.05, 0.1) is 12.0 Å². The molecule has 0 aromatic rings. The third-order valence-corrected chi connectivity index (χ3v) is 9.84. The number of nitrogens with one attached hydrogen (secondary N) is 4. The molecule has 2 unspecified atom stereocenters. The van der Waals surface area contributed by atoms with Crippen molar-refractivity contribution in [2.24, 2.45) is 23.5 Å². The minimum absolute atomic E-state index is 0.226. The van der Waals surface area contributed by atoms with Gasteiger partial charge in [-0.05, 0) is 44.4 Å². The number of nitrogens with zero attached hydrogens (tertiary/aromatic N) is 1. The minimum Gasteiger partial charge on any atom is -0.460 e. The second-order valence-corrected chi connectivity index (χ2v) is 14.6. The molecule has 294 valence electrons. The average molecular weight is 725 g/mol. The average Bonchev–Trinajstić information content (AvgIpc) is 3.09. The Bertz CT molecular complexity index is 1120. The van der Waals surface area contributed by atoms with Crippen LogP contribution in [-0.2, 0) is 33.5 Å². The molecule has 1 heterocycles. The summed E-state index contributed by atoms with van der Waals surface area (Å²) < 4.78 is 5.82. The van der Waals surface area contributed by atoms with E-state index in [4.69, 9.17) is 10.5 Å². The Balaban J connectivity index is 3.53. The van der Waals surface area contributed by atoms with E-state index >= 15 is 0 Å². The van der Waals surface area contributed by atoms with Gasteiger partial charge in [0.1, 0.15) is 36.8 Å². The Labute approximate surface area is 305 Å². The third-order valence-electron chi connectivity index (χ3n) is 9.84. The molecule has 1 aliphatic heterocycles. The zero-order chi connectivity index (χ0) is 38.7. The molecule has 1 aliphatic rings. The third kappa shape index (κ3) is 15.9. The molecule has 1 fully saturated rings. The normalized spacial score (nSPS) is 26.2. The van der Waals surface area contributed by atoms with Crippen molar-refractivity contribution < 1.29 is 38.6 Å². The number of aliphatic hydroxyl groups is 1. The Kier molecular flexibility index (Phi) is 21.6. The van der Waals surface area contributed by atoms with Gasteiger partial charge in [-0.2, -0.15) is 0 Å². The first-order chi connectivity index (χ1) is 24.1. The van der Waals surface area contributed by atoms with Crippen LogP contribution in [0.4, 0.5) is 0 Å². The van der Waals surface area contributed by atoms with E-state index in [9.17, 15) is 33.9 Å². The van der Waals surface area contributed by atoms with Crippen LogP contribution in [0.1, 0.15) is 126 Å². The van der Waals surface area contributed by atoms with Crippen LogP contribution in [0, 0.1) is 17.8 Å². The van der Waals surface area contributed by atoms with Gasteiger partial charge in [-0.15, -0.1) is 0 Å². The summed E-state index contributed by atoms with van der Waals surface area (Å²) in [7, 11) is 1.55. The number of amides is 5. The van der Waals surface area contributed by atoms with Crippen LogP contribution in [0.3, 0.4) is 0 Å². The molecule has 0 saturated carbocycles. The van der Waals surface area contributed by atoms with Crippen molar-refractivity contribution in [2.75, 3.05) is 20.1 Å². The molecule has 5 amide bonds. The van der Waals surface area contributed by atoms with Gasteiger partial charge in [0.15, 0.2) is 0 Å². The minimum atomic E-state index is -1.48. The van der Waals surface area contributed by atoms with E-state index in [-0.39, 0.29) is 18.4 Å². The maximum atomic E-state index is 14.1. The first kappa shape index (κ1) is 45.8. The van der Waals surface area contributed by atoms with Gasteiger partial charge in [0.25, 0.3) is 0 Å². The summed E-state index contributed by atoms with van der Waals surface area (Å²) >= 11 is 0. The van der Waals surface area contributed by atoms with Crippen molar-refractivity contribution in [3.63, 3.8) is 0 Å². The van der Waals surface area contributed by atoms with Crippen molar-refractivity contribution in [3.05, 3.63) is 0 Å². The monoisotopic (exact) mass is 725 g/mol. The fraction of sp³-hybridized carbons (Fsp3) is 0.838. The summed E-state index contributed by atoms with van der Waals surface area (Å²) in [5.74, 6) is -5.00. The molecular weight excluding hydrogens is 656 g/mol. The summed E-state index contributed by atoms with van der Waals surface area (Å²) in [4.78, 5) is 82.5. The molecule has 0 radical (unpaired) electrons. The van der Waals surface area contributed by atoms with Crippen molar-refractivity contribution in [1.82, 2.24) is 26.2 Å². The molecule has 1 saturated heterocycles. The Morgan fingerprint density at radius 3 is 1.94 bits per heavy atom. The van der Waals surface area contributed by atoms with Crippen LogP contribution < -0.4 is 27.0 Å². The predicted octanol–water partition coefficient (Wildman–Crippen LogP) is 2.30. The SMILES string of the molecule is CCCCCCCCCC[C@H]1OC(=O)CNC(=O)[C@H](C(C)O)NC(=O)[C@H](CN)NC(=O)[C@H](C(C)CC)NC(=O)[C@H](CCC(C)C)N(C)C(=O)[C@@H]1C. The molecule has 0 aromatic carbocycles. The number of cyclic esters (lactones) is 1. The van der Waals surface area contributed by atoms with E-state index in [1.165, 1.54) is 31.1 Å². The van der Waals surface area contributed by atoms with E-state index < -0.39 is 84.3 Å². The van der Waals surface area contributed by atoms with Crippen LogP contribution in [0.15, 0.2) is 0 Å². The molecular formula is C37H68N6O8. The van der Waals surface area contributed by atoms with E-state index in [1.807, 2.05) is 20.8 Å². The number of aliphatic hydroxyl groups excluding tert-OH is 1. The number of likely N-dealkylation sites (N-methyl/N-ethyl adjacent to an activating group) is 1. The highest BCUT2D eigenvalue weighted by Crippen LogP contribution is 2.22. The van der Waals surface area contributed by atoms with Gasteiger partial charge < -0.3 is 41.7 Å². The maximum absolute atomic E-state index is 14.1. The fourth-order valence-electron chi connectivity index (χ4n) is 6.10. The van der Waals surface area contributed by atoms with E-state index in [2.05, 4.69) is 28.2 Å². The maximum Gasteiger partial charge on any atom is 0.325 e. The standard InChI is InChI=1S/C37H68N6O8/c1-9-11-12-13-14-15-16-17-18-29-25(6)37(50)43(8)28(20-19-23(3)4)34(47)41-31(24(5)10-2)36(49)40-27(21-38)33(46)42-32(26(7)44)35(48)39-22-30(45)51-29/h23-29,31-32,44H,9-22,38H2,1-8H3,(H,39,48)(H,40,49)(H,41,47)(H,42,46)/t24?,25-,26?,27+,28+,29-,31+,32+/m1/s1. The zero-order valence-corrected chi connectivity index (χ0v) is 32.4. The predicted molar refractivity (Wildman–Crippen MR) is 196 cm³/mol. The lowest BCUT2D eigenvalue weighted by Gasteiger charge is -2.34. The first-order valence-corrected chi connectivity index (χ1v) is 19.1. The van der Waals surface area contributed by atoms with Crippen LogP contribution in [0.5, 0.6) is 0 Å². The Hall–Kier alpha value is -3.26. The summed E-state index contributed by atoms with van der Waals surface area (Å²) in [5.41, 5.74) is 5.84. The second kappa shape index (κ2) is 24.1. The van der Waals surface area contributed by atoms with Crippen molar-refractivity contribution >= 4 is 35.5 Å². The molecule has 14 nitrogen and oxygen atoms in total. The number of hydrogen-bond acceptors (Lipinski definition) is 9. The number of esters is 1. The zero-order valence-electron chi connectivity index (χ0n) is 32.4. The van der Waals surface area contributed by atoms with Gasteiger partial charge >= 0.3 is 5.97 Å². The quantitative estimate of drug-likeness (QED) is 0.102. The molecule has 8 atom stereocenters. The molecule has 0 aromatic heterocycles. The number of ether oxygens (including phenoxy) is 1. The van der Waals surface area contributed by atoms with Crippen LogP contribution in [-0.4, -0.2) is 102 Å². The second-order valence-electron chi connectivity index (χ2n) is 14.6. The van der Waals surface area contributed by atoms with Gasteiger partial charge in [0.2, 0.25) is 29.5 Å². The van der Waals surface area contributed by atoms with Crippen molar-refractivity contribution in [1.29, 1.82) is 0 Å². The van der Waals surface area contributed by atoms with Crippen molar-refractivity contribution in [2.45, 2.75) is 162 Å². The summed E-state index contributed by atoms with van der Waals surface area (Å²) in [6, 6.07) is -4.78. The lowest BCUT2D eigenvalue weighted by Crippen LogP contribution is -2.62. The topological polar surface area (TPSA) is 209 Å². The number of nitrogens with two attached hydrogens (primary N) is 1. The molecule has 14 heteroatoms. The number of rotatable bonds is 16. The van der Waals surface area contributed by atoms with E-state index in [0.29, 0.717) is 32.1 Å². The molecule has 7 N–H and O–H groups in total. The highest BCUT2D eigenvalue weighted by atomic mass is 16.5. The largest absolute Gasteiger partial charge is 0.460 e. The summed E-state index contributed by atoms with van der Waals surface area (Å²) in [5, 5.41) is 20.6. The Morgan fingerprint density at radius 1 is 0.804 bits per heavy atom. The molecule has 0 bridgehead atoms. The van der Waals surface area contributed by atoms with Gasteiger partial charge in [-0.3, -0.25) is 28.8 Å². The number of unbranched alkanes of at least 4 members (excludes halogenated alkanes) is 7. The number of carbonyl (C=O) groups excluding carboxylic acids is 6. The lowest BCUT2D eigenvalue weighted by atomic mass is 9.94. The molecule has 0 spiro atoms. The van der Waals surface area contributed by atoms with Crippen LogP contribution >= 0.6 is 0 Å². The van der Waals surface area contributed by atoms with E-state index in [1.54, 1.807) is 20.9 Å². The van der Waals surface area contributed by atoms with Crippen LogP contribution in [0.2, 0.25) is 0 Å². The van der Waals surface area contributed by atoms with Crippen LogP contribution in [0.25, 0.3) is 0 Å². The Morgan fingerprint density at radius 2 is 1.39 bits per heavy atom. The van der Waals surface area contributed by atoms with Gasteiger partial charge in [0, 0.05) is 13.6 Å². The smallest absolute Gasteiger partial charge is 0.325 e. The lowest BCUT2D eigenvalue weighted by molar-refractivity contribution is -0.157. The highest BCUT2D eigenvalue weighted by Gasteiger charge is 2.38. The summed E-state index contributed by atoms with van der Waals surface area (Å²) in [6.45, 7) is 11.9. The fourth-order valence-corrected chi connectivity index (χ4v) is 6.10. The summed E-state index contributed by atoms with van der Waals surface area (Å²) in [6.07, 6.45) is 8.12.